The molecule has 0 radical (unpaired) electrons. The standard InChI is InChI=1S/C18H20Cl2N2O2/c1-12-4-5-15(20)9-16(12)21-18(23)11-22(2)10-13-8-14(19)6-7-17(13)24-3/h4-9H,10-11H2,1-3H3,(H,21,23)/p+1. The predicted octanol–water partition coefficient (Wildman–Crippen LogP) is 2.96. The molecule has 128 valence electrons. The molecule has 0 aliphatic rings. The lowest BCUT2D eigenvalue weighted by atomic mass is 10.2. The van der Waals surface area contributed by atoms with Gasteiger partial charge in [0, 0.05) is 21.3 Å². The molecule has 4 nitrogen and oxygen atoms in total. The van der Waals surface area contributed by atoms with Gasteiger partial charge in [0.05, 0.1) is 14.2 Å². The number of benzene rings is 2. The summed E-state index contributed by atoms with van der Waals surface area (Å²) in [6, 6.07) is 10.9. The fourth-order valence-electron chi connectivity index (χ4n) is 2.47. The van der Waals surface area contributed by atoms with Gasteiger partial charge in [0.2, 0.25) is 0 Å². The van der Waals surface area contributed by atoms with E-state index < -0.39 is 0 Å². The number of carbonyl (C=O) groups is 1. The van der Waals surface area contributed by atoms with Crippen LogP contribution in [0.4, 0.5) is 5.69 Å². The van der Waals surface area contributed by atoms with E-state index in [1.807, 2.05) is 32.2 Å². The van der Waals surface area contributed by atoms with E-state index in [1.165, 1.54) is 0 Å². The van der Waals surface area contributed by atoms with E-state index in [0.29, 0.717) is 23.1 Å². The van der Waals surface area contributed by atoms with Gasteiger partial charge in [-0.25, -0.2) is 0 Å². The maximum Gasteiger partial charge on any atom is 0.279 e. The van der Waals surface area contributed by atoms with Gasteiger partial charge < -0.3 is 15.0 Å². The third kappa shape index (κ3) is 5.13. The van der Waals surface area contributed by atoms with Gasteiger partial charge in [-0.15, -0.1) is 0 Å². The largest absolute Gasteiger partial charge is 0.496 e. The molecule has 24 heavy (non-hydrogen) atoms. The van der Waals surface area contributed by atoms with Crippen molar-refractivity contribution in [2.45, 2.75) is 13.5 Å². The van der Waals surface area contributed by atoms with Crippen molar-refractivity contribution >= 4 is 34.8 Å². The molecule has 2 rings (SSSR count). The Labute approximate surface area is 152 Å². The molecular weight excluding hydrogens is 347 g/mol. The molecule has 1 unspecified atom stereocenters. The molecule has 2 aromatic carbocycles. The molecule has 2 N–H and O–H groups in total. The van der Waals surface area contributed by atoms with Crippen molar-refractivity contribution in [1.82, 2.24) is 0 Å². The van der Waals surface area contributed by atoms with Crippen LogP contribution in [-0.4, -0.2) is 26.6 Å². The number of amides is 1. The van der Waals surface area contributed by atoms with Crippen LogP contribution in [0.5, 0.6) is 5.75 Å². The van der Waals surface area contributed by atoms with Crippen LogP contribution in [0, 0.1) is 6.92 Å². The highest BCUT2D eigenvalue weighted by molar-refractivity contribution is 6.31. The summed E-state index contributed by atoms with van der Waals surface area (Å²) < 4.78 is 5.34. The molecule has 1 amide bonds. The number of quaternary nitrogens is 1. The van der Waals surface area contributed by atoms with E-state index in [4.69, 9.17) is 27.9 Å². The number of halogens is 2. The van der Waals surface area contributed by atoms with E-state index in [0.717, 1.165) is 27.5 Å². The van der Waals surface area contributed by atoms with E-state index in [1.54, 1.807) is 25.3 Å². The highest BCUT2D eigenvalue weighted by Crippen LogP contribution is 2.22. The second-order valence-electron chi connectivity index (χ2n) is 5.77. The Bertz CT molecular complexity index is 735. The number of methoxy groups -OCH3 is 1. The number of hydrogen-bond acceptors (Lipinski definition) is 2. The number of nitrogens with one attached hydrogen (secondary N) is 2. The highest BCUT2D eigenvalue weighted by Gasteiger charge is 2.14. The zero-order chi connectivity index (χ0) is 17.7. The number of carbonyl (C=O) groups excluding carboxylic acids is 1. The average Bonchev–Trinajstić information content (AvgIpc) is 2.51. The van der Waals surface area contributed by atoms with Gasteiger partial charge >= 0.3 is 0 Å². The summed E-state index contributed by atoms with van der Waals surface area (Å²) in [6.07, 6.45) is 0. The summed E-state index contributed by atoms with van der Waals surface area (Å²) in [5.41, 5.74) is 2.68. The molecular formula is C18H21Cl2N2O2+. The average molecular weight is 368 g/mol. The normalized spacial score (nSPS) is 11.9. The molecule has 0 saturated heterocycles. The van der Waals surface area contributed by atoms with Crippen LogP contribution in [0.3, 0.4) is 0 Å². The van der Waals surface area contributed by atoms with Crippen LogP contribution in [-0.2, 0) is 11.3 Å². The molecule has 0 aliphatic heterocycles. The maximum atomic E-state index is 12.3. The van der Waals surface area contributed by atoms with E-state index in [2.05, 4.69) is 5.32 Å². The van der Waals surface area contributed by atoms with E-state index >= 15 is 0 Å². The van der Waals surface area contributed by atoms with Crippen LogP contribution in [0.25, 0.3) is 0 Å². The van der Waals surface area contributed by atoms with Gasteiger partial charge in [-0.1, -0.05) is 29.3 Å². The van der Waals surface area contributed by atoms with Crippen LogP contribution in [0.15, 0.2) is 36.4 Å². The molecule has 1 atom stereocenters. The molecule has 0 aliphatic carbocycles. The first-order chi connectivity index (χ1) is 11.4. The minimum atomic E-state index is -0.0705. The number of anilines is 1. The van der Waals surface area contributed by atoms with Gasteiger partial charge in [-0.3, -0.25) is 4.79 Å². The topological polar surface area (TPSA) is 42.8 Å². The van der Waals surface area contributed by atoms with Crippen molar-refractivity contribution in [3.63, 3.8) is 0 Å². The molecule has 0 aromatic heterocycles. The van der Waals surface area contributed by atoms with Gasteiger partial charge in [0.1, 0.15) is 12.3 Å². The third-order valence-corrected chi connectivity index (χ3v) is 4.14. The number of hydrogen-bond donors (Lipinski definition) is 2. The molecule has 0 saturated carbocycles. The van der Waals surface area contributed by atoms with Crippen molar-refractivity contribution in [2.24, 2.45) is 0 Å². The van der Waals surface area contributed by atoms with Crippen molar-refractivity contribution in [3.8, 4) is 5.75 Å². The Hall–Kier alpha value is -1.75. The van der Waals surface area contributed by atoms with Crippen molar-refractivity contribution < 1.29 is 14.4 Å². The summed E-state index contributed by atoms with van der Waals surface area (Å²) in [5, 5.41) is 4.15. The first-order valence-corrected chi connectivity index (χ1v) is 8.34. The number of aryl methyl sites for hydroxylation is 1. The first kappa shape index (κ1) is 18.6. The molecule has 6 heteroatoms. The lowest BCUT2D eigenvalue weighted by Crippen LogP contribution is -3.08. The summed E-state index contributed by atoms with van der Waals surface area (Å²) >= 11 is 12.0. The second-order valence-corrected chi connectivity index (χ2v) is 6.65. The zero-order valence-electron chi connectivity index (χ0n) is 14.0. The molecule has 2 aromatic rings. The van der Waals surface area contributed by atoms with Gasteiger partial charge in [0.15, 0.2) is 6.54 Å². The molecule has 0 heterocycles. The zero-order valence-corrected chi connectivity index (χ0v) is 15.5. The predicted molar refractivity (Wildman–Crippen MR) is 98.3 cm³/mol. The minimum Gasteiger partial charge on any atom is -0.496 e. The summed E-state index contributed by atoms with van der Waals surface area (Å²) in [6.45, 7) is 2.88. The van der Waals surface area contributed by atoms with E-state index in [9.17, 15) is 4.79 Å². The monoisotopic (exact) mass is 367 g/mol. The number of rotatable bonds is 6. The number of likely N-dealkylation sites (N-methyl/N-ethyl adjacent to an activating group) is 1. The van der Waals surface area contributed by atoms with Crippen LogP contribution in [0.1, 0.15) is 11.1 Å². The Kier molecular flexibility index (Phi) is 6.49. The SMILES string of the molecule is COc1ccc(Cl)cc1C[NH+](C)CC(=O)Nc1cc(Cl)ccc1C. The highest BCUT2D eigenvalue weighted by atomic mass is 35.5. The Balaban J connectivity index is 1.99. The van der Waals surface area contributed by atoms with Crippen molar-refractivity contribution in [3.05, 3.63) is 57.6 Å². The smallest absolute Gasteiger partial charge is 0.279 e. The van der Waals surface area contributed by atoms with E-state index in [-0.39, 0.29) is 5.91 Å². The fourth-order valence-corrected chi connectivity index (χ4v) is 2.84. The van der Waals surface area contributed by atoms with Crippen LogP contribution >= 0.6 is 23.2 Å². The quantitative estimate of drug-likeness (QED) is 0.823. The molecule has 0 spiro atoms. The minimum absolute atomic E-state index is 0.0705. The summed E-state index contributed by atoms with van der Waals surface area (Å²) in [7, 11) is 3.57. The third-order valence-electron chi connectivity index (χ3n) is 3.67. The van der Waals surface area contributed by atoms with Crippen molar-refractivity contribution in [2.75, 3.05) is 26.0 Å². The van der Waals surface area contributed by atoms with Crippen LogP contribution < -0.4 is 15.0 Å². The van der Waals surface area contributed by atoms with Gasteiger partial charge in [-0.05, 0) is 42.8 Å². The number of ether oxygens (including phenoxy) is 1. The second kappa shape index (κ2) is 8.38. The van der Waals surface area contributed by atoms with Crippen LogP contribution in [0.2, 0.25) is 10.0 Å². The Morgan fingerprint density at radius 2 is 1.83 bits per heavy atom. The first-order valence-electron chi connectivity index (χ1n) is 7.58. The lowest BCUT2D eigenvalue weighted by molar-refractivity contribution is -0.885. The summed E-state index contributed by atoms with van der Waals surface area (Å²) in [5.74, 6) is 0.698. The molecule has 0 bridgehead atoms. The lowest BCUT2D eigenvalue weighted by Gasteiger charge is -2.16. The maximum absolute atomic E-state index is 12.3. The Morgan fingerprint density at radius 3 is 2.54 bits per heavy atom. The Morgan fingerprint density at radius 1 is 1.17 bits per heavy atom. The fraction of sp³-hybridized carbons (Fsp3) is 0.278. The summed E-state index contributed by atoms with van der Waals surface area (Å²) in [4.78, 5) is 13.3. The van der Waals surface area contributed by atoms with Gasteiger partial charge in [-0.2, -0.15) is 0 Å². The van der Waals surface area contributed by atoms with Gasteiger partial charge in [0.25, 0.3) is 5.91 Å². The van der Waals surface area contributed by atoms with Crippen molar-refractivity contribution in [1.29, 1.82) is 0 Å². The molecule has 0 fully saturated rings.